The lowest BCUT2D eigenvalue weighted by atomic mass is 10.2. The van der Waals surface area contributed by atoms with E-state index in [0.717, 1.165) is 6.07 Å². The molecule has 2 aromatic rings. The fourth-order valence-corrected chi connectivity index (χ4v) is 2.86. The van der Waals surface area contributed by atoms with E-state index < -0.39 is 16.0 Å². The lowest BCUT2D eigenvalue weighted by Gasteiger charge is -2.11. The van der Waals surface area contributed by atoms with E-state index in [1.807, 2.05) is 0 Å². The molecule has 1 heterocycles. The van der Waals surface area contributed by atoms with Crippen molar-refractivity contribution in [2.24, 2.45) is 7.05 Å². The van der Waals surface area contributed by atoms with Crippen molar-refractivity contribution >= 4 is 16.0 Å². The SMILES string of the molecule is COc1cc(C(=O)O)ccc1S(=O)(=O)NCc1nncn1C. The van der Waals surface area contributed by atoms with Gasteiger partial charge in [0.1, 0.15) is 22.8 Å². The molecule has 9 nitrogen and oxygen atoms in total. The monoisotopic (exact) mass is 326 g/mol. The number of hydrogen-bond acceptors (Lipinski definition) is 6. The van der Waals surface area contributed by atoms with Gasteiger partial charge in [0.25, 0.3) is 0 Å². The van der Waals surface area contributed by atoms with Crippen LogP contribution in [-0.2, 0) is 23.6 Å². The highest BCUT2D eigenvalue weighted by molar-refractivity contribution is 7.89. The molecule has 0 amide bonds. The summed E-state index contributed by atoms with van der Waals surface area (Å²) >= 11 is 0. The third-order valence-electron chi connectivity index (χ3n) is 2.93. The number of ether oxygens (including phenoxy) is 1. The Labute approximate surface area is 126 Å². The molecule has 0 aliphatic rings. The minimum absolute atomic E-state index is 0.0506. The molecular formula is C12H14N4O5S. The summed E-state index contributed by atoms with van der Waals surface area (Å²) in [5.41, 5.74) is -0.0656. The largest absolute Gasteiger partial charge is 0.495 e. The van der Waals surface area contributed by atoms with E-state index in [-0.39, 0.29) is 22.8 Å². The highest BCUT2D eigenvalue weighted by Crippen LogP contribution is 2.25. The maximum Gasteiger partial charge on any atom is 0.335 e. The number of nitrogens with one attached hydrogen (secondary N) is 1. The van der Waals surface area contributed by atoms with Crippen molar-refractivity contribution in [3.8, 4) is 5.75 Å². The van der Waals surface area contributed by atoms with Gasteiger partial charge in [0.05, 0.1) is 19.2 Å². The van der Waals surface area contributed by atoms with Crippen molar-refractivity contribution in [1.29, 1.82) is 0 Å². The van der Waals surface area contributed by atoms with Gasteiger partial charge in [-0.1, -0.05) is 0 Å². The number of aromatic carboxylic acids is 1. The molecule has 0 fully saturated rings. The second-order valence-corrected chi connectivity index (χ2v) is 6.09. The standard InChI is InChI=1S/C12H14N4O5S/c1-16-7-13-15-11(16)6-14-22(19,20)10-4-3-8(12(17)18)5-9(10)21-2/h3-5,7,14H,6H2,1-2H3,(H,17,18). The van der Waals surface area contributed by atoms with E-state index >= 15 is 0 Å². The number of nitrogens with zero attached hydrogens (tertiary/aromatic N) is 3. The van der Waals surface area contributed by atoms with Gasteiger partial charge in [-0.2, -0.15) is 0 Å². The third kappa shape index (κ3) is 3.23. The van der Waals surface area contributed by atoms with Gasteiger partial charge in [0.2, 0.25) is 10.0 Å². The van der Waals surface area contributed by atoms with Crippen LogP contribution in [0.5, 0.6) is 5.75 Å². The number of sulfonamides is 1. The molecule has 2 rings (SSSR count). The van der Waals surface area contributed by atoms with Crippen molar-refractivity contribution in [3.63, 3.8) is 0 Å². The third-order valence-corrected chi connectivity index (χ3v) is 4.37. The number of aryl methyl sites for hydroxylation is 1. The Balaban J connectivity index is 2.29. The number of methoxy groups -OCH3 is 1. The number of carboxylic acids is 1. The summed E-state index contributed by atoms with van der Waals surface area (Å²) in [6.45, 7) is -0.0529. The Morgan fingerprint density at radius 3 is 2.73 bits per heavy atom. The summed E-state index contributed by atoms with van der Waals surface area (Å²) in [6, 6.07) is 3.53. The molecule has 0 saturated heterocycles. The van der Waals surface area contributed by atoms with Gasteiger partial charge in [0, 0.05) is 7.05 Å². The number of benzene rings is 1. The van der Waals surface area contributed by atoms with Gasteiger partial charge in [-0.3, -0.25) is 0 Å². The summed E-state index contributed by atoms with van der Waals surface area (Å²) in [7, 11) is -0.934. The van der Waals surface area contributed by atoms with E-state index in [4.69, 9.17) is 9.84 Å². The smallest absolute Gasteiger partial charge is 0.335 e. The zero-order chi connectivity index (χ0) is 16.3. The molecule has 1 aromatic carbocycles. The van der Waals surface area contributed by atoms with Crippen LogP contribution in [0.2, 0.25) is 0 Å². The number of rotatable bonds is 6. The molecule has 10 heteroatoms. The maximum absolute atomic E-state index is 12.3. The van der Waals surface area contributed by atoms with Crippen molar-refractivity contribution in [1.82, 2.24) is 19.5 Å². The van der Waals surface area contributed by atoms with E-state index in [9.17, 15) is 13.2 Å². The van der Waals surface area contributed by atoms with Crippen LogP contribution in [0.3, 0.4) is 0 Å². The molecule has 118 valence electrons. The lowest BCUT2D eigenvalue weighted by molar-refractivity contribution is 0.0696. The molecule has 22 heavy (non-hydrogen) atoms. The number of hydrogen-bond donors (Lipinski definition) is 2. The van der Waals surface area contributed by atoms with Crippen molar-refractivity contribution in [2.45, 2.75) is 11.4 Å². The molecular weight excluding hydrogens is 312 g/mol. The van der Waals surface area contributed by atoms with Gasteiger partial charge < -0.3 is 14.4 Å². The van der Waals surface area contributed by atoms with Crippen molar-refractivity contribution in [3.05, 3.63) is 35.9 Å². The van der Waals surface area contributed by atoms with Gasteiger partial charge >= 0.3 is 5.97 Å². The molecule has 0 spiro atoms. The Kier molecular flexibility index (Phi) is 4.43. The Morgan fingerprint density at radius 1 is 1.45 bits per heavy atom. The van der Waals surface area contributed by atoms with E-state index in [1.54, 1.807) is 11.6 Å². The minimum Gasteiger partial charge on any atom is -0.495 e. The number of aromatic nitrogens is 3. The molecule has 0 radical (unpaired) electrons. The van der Waals surface area contributed by atoms with Crippen LogP contribution in [0.15, 0.2) is 29.4 Å². The van der Waals surface area contributed by atoms with Gasteiger partial charge in [0.15, 0.2) is 0 Å². The Bertz CT molecular complexity index is 800. The van der Waals surface area contributed by atoms with Crippen LogP contribution in [-0.4, -0.2) is 41.4 Å². The first-order valence-electron chi connectivity index (χ1n) is 6.09. The highest BCUT2D eigenvalue weighted by atomic mass is 32.2. The Hall–Kier alpha value is -2.46. The molecule has 0 atom stereocenters. The van der Waals surface area contributed by atoms with Gasteiger partial charge in [-0.25, -0.2) is 17.9 Å². The summed E-state index contributed by atoms with van der Waals surface area (Å²) in [5.74, 6) is -0.788. The zero-order valence-corrected chi connectivity index (χ0v) is 12.7. The molecule has 0 aliphatic heterocycles. The highest BCUT2D eigenvalue weighted by Gasteiger charge is 2.21. The average molecular weight is 326 g/mol. The van der Waals surface area contributed by atoms with E-state index in [1.165, 1.54) is 25.6 Å². The molecule has 0 unspecified atom stereocenters. The van der Waals surface area contributed by atoms with Gasteiger partial charge in [-0.05, 0) is 18.2 Å². The summed E-state index contributed by atoms with van der Waals surface area (Å²) in [6.07, 6.45) is 1.45. The zero-order valence-electron chi connectivity index (χ0n) is 11.8. The fraction of sp³-hybridized carbons (Fsp3) is 0.250. The second kappa shape index (κ2) is 6.12. The quantitative estimate of drug-likeness (QED) is 0.765. The molecule has 0 aliphatic carbocycles. The van der Waals surface area contributed by atoms with Gasteiger partial charge in [-0.15, -0.1) is 10.2 Å². The van der Waals surface area contributed by atoms with Crippen LogP contribution in [0.1, 0.15) is 16.2 Å². The molecule has 2 N–H and O–H groups in total. The van der Waals surface area contributed by atoms with Crippen LogP contribution < -0.4 is 9.46 Å². The predicted octanol–water partition coefficient (Wildman–Crippen LogP) is 0.000400. The van der Waals surface area contributed by atoms with Crippen LogP contribution in [0.4, 0.5) is 0 Å². The lowest BCUT2D eigenvalue weighted by Crippen LogP contribution is -2.25. The topological polar surface area (TPSA) is 123 Å². The van der Waals surface area contributed by atoms with Crippen molar-refractivity contribution in [2.75, 3.05) is 7.11 Å². The first-order chi connectivity index (χ1) is 10.3. The minimum atomic E-state index is -3.89. The molecule has 0 bridgehead atoms. The Morgan fingerprint density at radius 2 is 2.18 bits per heavy atom. The van der Waals surface area contributed by atoms with Crippen LogP contribution in [0.25, 0.3) is 0 Å². The average Bonchev–Trinajstić information content (AvgIpc) is 2.89. The summed E-state index contributed by atoms with van der Waals surface area (Å²) < 4.78 is 33.5. The fourth-order valence-electron chi connectivity index (χ4n) is 1.73. The van der Waals surface area contributed by atoms with E-state index in [0.29, 0.717) is 5.82 Å². The maximum atomic E-state index is 12.3. The van der Waals surface area contributed by atoms with Crippen LogP contribution in [0, 0.1) is 0 Å². The first-order valence-corrected chi connectivity index (χ1v) is 7.57. The summed E-state index contributed by atoms with van der Waals surface area (Å²) in [4.78, 5) is 10.8. The number of carbonyl (C=O) groups is 1. The van der Waals surface area contributed by atoms with Crippen LogP contribution >= 0.6 is 0 Å². The molecule has 0 saturated carbocycles. The predicted molar refractivity (Wildman–Crippen MR) is 75.0 cm³/mol. The summed E-state index contributed by atoms with van der Waals surface area (Å²) in [5, 5.41) is 16.3. The van der Waals surface area contributed by atoms with E-state index in [2.05, 4.69) is 14.9 Å². The van der Waals surface area contributed by atoms with Crippen molar-refractivity contribution < 1.29 is 23.1 Å². The number of carboxylic acid groups (broad SMARTS) is 1. The second-order valence-electron chi connectivity index (χ2n) is 4.35. The first kappa shape index (κ1) is 15.9. The normalized spacial score (nSPS) is 11.4. The molecule has 1 aromatic heterocycles.